The van der Waals surface area contributed by atoms with Gasteiger partial charge in [0, 0.05) is 4.88 Å². The van der Waals surface area contributed by atoms with Crippen LogP contribution in [0.3, 0.4) is 0 Å². The molecule has 1 aromatic heterocycles. The first-order valence-corrected chi connectivity index (χ1v) is 5.07. The molecule has 1 aliphatic rings. The van der Waals surface area contributed by atoms with Crippen molar-refractivity contribution in [1.29, 1.82) is 0 Å². The molecular weight excluding hydrogens is 186 g/mol. The molecule has 3 nitrogen and oxygen atoms in total. The first kappa shape index (κ1) is 8.72. The first-order valence-electron chi connectivity index (χ1n) is 4.19. The molecule has 1 aromatic rings. The number of hydrogen-bond donors (Lipinski definition) is 2. The number of nitrogens with two attached hydrogens (primary N) is 1. The van der Waals surface area contributed by atoms with Gasteiger partial charge in [-0.2, -0.15) is 0 Å². The van der Waals surface area contributed by atoms with Crippen LogP contribution < -0.4 is 5.73 Å². The van der Waals surface area contributed by atoms with E-state index < -0.39 is 11.4 Å². The summed E-state index contributed by atoms with van der Waals surface area (Å²) in [4.78, 5) is 12.0. The molecular formula is C9H11NO2S. The van der Waals surface area contributed by atoms with Crippen LogP contribution in [0.5, 0.6) is 0 Å². The van der Waals surface area contributed by atoms with E-state index in [0.29, 0.717) is 13.0 Å². The number of carboxylic acid groups (broad SMARTS) is 1. The summed E-state index contributed by atoms with van der Waals surface area (Å²) in [5.74, 6) is -0.603. The van der Waals surface area contributed by atoms with Gasteiger partial charge in [0.25, 0.3) is 0 Å². The van der Waals surface area contributed by atoms with Crippen LogP contribution in [0.2, 0.25) is 0 Å². The smallest absolute Gasteiger partial charge is 0.315 e. The van der Waals surface area contributed by atoms with Crippen LogP contribution in [0.1, 0.15) is 11.3 Å². The SMILES string of the molecule is NC[C@@H]1C[C@@]1(C(=O)O)c1cccs1. The minimum Gasteiger partial charge on any atom is -0.481 e. The van der Waals surface area contributed by atoms with Crippen molar-refractivity contribution in [3.05, 3.63) is 22.4 Å². The predicted octanol–water partition coefficient (Wildman–Crippen LogP) is 1.05. The van der Waals surface area contributed by atoms with Crippen molar-refractivity contribution in [2.24, 2.45) is 11.7 Å². The topological polar surface area (TPSA) is 63.3 Å². The molecule has 0 bridgehead atoms. The Morgan fingerprint density at radius 3 is 3.00 bits per heavy atom. The minimum atomic E-state index is -0.731. The molecule has 1 fully saturated rings. The Balaban J connectivity index is 2.33. The Bertz CT molecular complexity index is 322. The Morgan fingerprint density at radius 2 is 2.62 bits per heavy atom. The highest BCUT2D eigenvalue weighted by Crippen LogP contribution is 2.55. The number of rotatable bonds is 3. The zero-order chi connectivity index (χ0) is 9.47. The van der Waals surface area contributed by atoms with Gasteiger partial charge in [0.05, 0.1) is 0 Å². The Morgan fingerprint density at radius 1 is 1.85 bits per heavy atom. The van der Waals surface area contributed by atoms with Crippen LogP contribution in [0.25, 0.3) is 0 Å². The van der Waals surface area contributed by atoms with Gasteiger partial charge in [-0.25, -0.2) is 0 Å². The Kier molecular flexibility index (Phi) is 1.89. The maximum absolute atomic E-state index is 11.1. The van der Waals surface area contributed by atoms with E-state index in [0.717, 1.165) is 4.88 Å². The van der Waals surface area contributed by atoms with Gasteiger partial charge in [-0.05, 0) is 30.3 Å². The van der Waals surface area contributed by atoms with Crippen molar-refractivity contribution < 1.29 is 9.90 Å². The van der Waals surface area contributed by atoms with Crippen LogP contribution in [0.4, 0.5) is 0 Å². The fourth-order valence-corrected chi connectivity index (χ4v) is 2.82. The normalized spacial score (nSPS) is 31.6. The van der Waals surface area contributed by atoms with Gasteiger partial charge >= 0.3 is 5.97 Å². The Hall–Kier alpha value is -0.870. The molecule has 0 spiro atoms. The predicted molar refractivity (Wildman–Crippen MR) is 50.8 cm³/mol. The number of carboxylic acids is 1. The molecule has 1 heterocycles. The van der Waals surface area contributed by atoms with Crippen LogP contribution in [0, 0.1) is 5.92 Å². The maximum atomic E-state index is 11.1. The van der Waals surface area contributed by atoms with Gasteiger partial charge < -0.3 is 10.8 Å². The van der Waals surface area contributed by atoms with Gasteiger partial charge in [-0.1, -0.05) is 6.07 Å². The molecule has 2 rings (SSSR count). The van der Waals surface area contributed by atoms with Crippen LogP contribution in [-0.2, 0) is 10.2 Å². The van der Waals surface area contributed by atoms with Gasteiger partial charge in [0.2, 0.25) is 0 Å². The van der Waals surface area contributed by atoms with Gasteiger partial charge in [-0.15, -0.1) is 11.3 Å². The van der Waals surface area contributed by atoms with E-state index in [1.165, 1.54) is 11.3 Å². The fourth-order valence-electron chi connectivity index (χ4n) is 1.82. The summed E-state index contributed by atoms with van der Waals surface area (Å²) >= 11 is 1.50. The van der Waals surface area contributed by atoms with Crippen molar-refractivity contribution in [3.8, 4) is 0 Å². The molecule has 70 valence electrons. The number of hydrogen-bond acceptors (Lipinski definition) is 3. The highest BCUT2D eigenvalue weighted by Gasteiger charge is 2.61. The summed E-state index contributed by atoms with van der Waals surface area (Å²) in [5.41, 5.74) is 4.84. The van der Waals surface area contributed by atoms with E-state index in [-0.39, 0.29) is 5.92 Å². The van der Waals surface area contributed by atoms with E-state index in [1.54, 1.807) is 0 Å². The summed E-state index contributed by atoms with van der Waals surface area (Å²) in [6, 6.07) is 3.77. The molecule has 0 radical (unpaired) electrons. The van der Waals surface area contributed by atoms with Crippen molar-refractivity contribution in [3.63, 3.8) is 0 Å². The summed E-state index contributed by atoms with van der Waals surface area (Å²) in [7, 11) is 0. The van der Waals surface area contributed by atoms with Gasteiger partial charge in [-0.3, -0.25) is 4.79 Å². The molecule has 3 N–H and O–H groups in total. The van der Waals surface area contributed by atoms with Crippen molar-refractivity contribution in [2.75, 3.05) is 6.54 Å². The molecule has 0 amide bonds. The highest BCUT2D eigenvalue weighted by atomic mass is 32.1. The lowest BCUT2D eigenvalue weighted by atomic mass is 10.0. The standard InChI is InChI=1S/C9H11NO2S/c10-5-6-4-9(6,8(11)12)7-2-1-3-13-7/h1-3,6H,4-5,10H2,(H,11,12)/t6-,9-/m0/s1. The number of thiophene rings is 1. The Labute approximate surface area is 80.2 Å². The average Bonchev–Trinajstić information content (AvgIpc) is 2.62. The lowest BCUT2D eigenvalue weighted by molar-refractivity contribution is -0.140. The number of aliphatic carboxylic acids is 1. The maximum Gasteiger partial charge on any atom is 0.315 e. The summed E-state index contributed by atoms with van der Waals surface area (Å²) in [6.45, 7) is 0.463. The number of carbonyl (C=O) groups is 1. The third-order valence-electron chi connectivity index (χ3n) is 2.73. The largest absolute Gasteiger partial charge is 0.481 e. The molecule has 2 atom stereocenters. The highest BCUT2D eigenvalue weighted by molar-refractivity contribution is 7.10. The molecule has 0 aliphatic heterocycles. The third kappa shape index (κ3) is 1.09. The molecule has 0 unspecified atom stereocenters. The average molecular weight is 197 g/mol. The lowest BCUT2D eigenvalue weighted by Gasteiger charge is -2.08. The third-order valence-corrected chi connectivity index (χ3v) is 3.78. The van der Waals surface area contributed by atoms with E-state index in [2.05, 4.69) is 0 Å². The quantitative estimate of drug-likeness (QED) is 0.761. The summed E-state index contributed by atoms with van der Waals surface area (Å²) < 4.78 is 0. The first-order chi connectivity index (χ1) is 6.21. The van der Waals surface area contributed by atoms with Gasteiger partial charge in [0.1, 0.15) is 5.41 Å². The van der Waals surface area contributed by atoms with E-state index in [9.17, 15) is 4.79 Å². The molecule has 1 saturated carbocycles. The zero-order valence-electron chi connectivity index (χ0n) is 7.06. The lowest BCUT2D eigenvalue weighted by Crippen LogP contribution is -2.24. The van der Waals surface area contributed by atoms with Crippen LogP contribution in [0.15, 0.2) is 17.5 Å². The van der Waals surface area contributed by atoms with Crippen molar-refractivity contribution >= 4 is 17.3 Å². The molecule has 0 aromatic carbocycles. The minimum absolute atomic E-state index is 0.128. The van der Waals surface area contributed by atoms with E-state index >= 15 is 0 Å². The second-order valence-electron chi connectivity index (χ2n) is 3.39. The molecule has 13 heavy (non-hydrogen) atoms. The van der Waals surface area contributed by atoms with Crippen LogP contribution in [-0.4, -0.2) is 17.6 Å². The van der Waals surface area contributed by atoms with Crippen LogP contribution >= 0.6 is 11.3 Å². The van der Waals surface area contributed by atoms with E-state index in [4.69, 9.17) is 10.8 Å². The summed E-state index contributed by atoms with van der Waals surface area (Å²) in [5, 5.41) is 11.0. The second-order valence-corrected chi connectivity index (χ2v) is 4.34. The van der Waals surface area contributed by atoms with Crippen molar-refractivity contribution in [1.82, 2.24) is 0 Å². The zero-order valence-corrected chi connectivity index (χ0v) is 7.88. The van der Waals surface area contributed by atoms with Crippen molar-refractivity contribution in [2.45, 2.75) is 11.8 Å². The molecule has 0 saturated heterocycles. The molecule has 1 aliphatic carbocycles. The summed E-state index contributed by atoms with van der Waals surface area (Å²) in [6.07, 6.45) is 0.694. The second kappa shape index (κ2) is 2.82. The monoisotopic (exact) mass is 197 g/mol. The van der Waals surface area contributed by atoms with E-state index in [1.807, 2.05) is 17.5 Å². The van der Waals surface area contributed by atoms with Gasteiger partial charge in [0.15, 0.2) is 0 Å². The molecule has 4 heteroatoms. The fraction of sp³-hybridized carbons (Fsp3) is 0.444.